The van der Waals surface area contributed by atoms with Crippen LogP contribution in [0.15, 0.2) is 0 Å². The van der Waals surface area contributed by atoms with Gasteiger partial charge < -0.3 is 0 Å². The molecule has 5 fully saturated rings. The molecule has 5 aliphatic rings. The molecule has 2 bridgehead atoms. The quantitative estimate of drug-likeness (QED) is 0.384. The minimum atomic E-state index is 0.303. The molecule has 5 atom stereocenters. The van der Waals surface area contributed by atoms with E-state index in [0.717, 1.165) is 23.7 Å². The third-order valence-corrected chi connectivity index (χ3v) is 5.31. The predicted octanol–water partition coefficient (Wildman–Crippen LogP) is 2.62. The van der Waals surface area contributed by atoms with E-state index >= 15 is 0 Å². The minimum absolute atomic E-state index is 0.303. The van der Waals surface area contributed by atoms with E-state index in [1.165, 1.54) is 25.7 Å². The molecule has 1 heteroatoms. The van der Waals surface area contributed by atoms with Gasteiger partial charge in [-0.25, -0.2) is 0 Å². The standard InChI is InChI=1S/C10H12Cl/c11-10-2-1-5(6-3-8(6)10)7-4-9(7)10/h6-9H,1-4H2/q+1/t6-,7+,8-,9+,10?. The Morgan fingerprint density at radius 1 is 1.18 bits per heavy atom. The van der Waals surface area contributed by atoms with Crippen LogP contribution in [0.1, 0.15) is 25.7 Å². The summed E-state index contributed by atoms with van der Waals surface area (Å²) in [5.41, 5.74) is 0. The summed E-state index contributed by atoms with van der Waals surface area (Å²) < 4.78 is 0. The van der Waals surface area contributed by atoms with Crippen molar-refractivity contribution in [3.05, 3.63) is 5.92 Å². The van der Waals surface area contributed by atoms with E-state index < -0.39 is 0 Å². The van der Waals surface area contributed by atoms with E-state index in [4.69, 9.17) is 11.6 Å². The molecule has 58 valence electrons. The molecule has 1 unspecified atom stereocenters. The molecule has 0 heterocycles. The van der Waals surface area contributed by atoms with Gasteiger partial charge in [0.2, 0.25) is 0 Å². The van der Waals surface area contributed by atoms with Gasteiger partial charge in [0.25, 0.3) is 0 Å². The van der Waals surface area contributed by atoms with Crippen molar-refractivity contribution in [3.63, 3.8) is 0 Å². The molecule has 0 aromatic carbocycles. The Labute approximate surface area is 72.3 Å². The second kappa shape index (κ2) is 1.35. The maximum atomic E-state index is 6.67. The zero-order chi connectivity index (χ0) is 7.22. The molecule has 0 N–H and O–H groups in total. The van der Waals surface area contributed by atoms with Crippen LogP contribution in [0.3, 0.4) is 0 Å². The Kier molecular flexibility index (Phi) is 0.703. The van der Waals surface area contributed by atoms with Gasteiger partial charge in [0.05, 0.1) is 17.2 Å². The van der Waals surface area contributed by atoms with Crippen LogP contribution in [0.5, 0.6) is 0 Å². The van der Waals surface area contributed by atoms with E-state index in [1.807, 2.05) is 5.92 Å². The molecule has 0 spiro atoms. The first-order valence-corrected chi connectivity index (χ1v) is 5.23. The molecule has 11 heavy (non-hydrogen) atoms. The zero-order valence-electron chi connectivity index (χ0n) is 6.52. The molecular formula is C10H12Cl+. The molecule has 0 saturated heterocycles. The van der Waals surface area contributed by atoms with Crippen molar-refractivity contribution >= 4 is 11.6 Å². The van der Waals surface area contributed by atoms with Gasteiger partial charge in [-0.3, -0.25) is 0 Å². The molecule has 0 nitrogen and oxygen atoms in total. The van der Waals surface area contributed by atoms with Crippen molar-refractivity contribution in [2.45, 2.75) is 30.6 Å². The lowest BCUT2D eigenvalue weighted by atomic mass is 9.70. The first kappa shape index (κ1) is 5.75. The van der Waals surface area contributed by atoms with E-state index in [2.05, 4.69) is 0 Å². The maximum Gasteiger partial charge on any atom is 0.106 e. The lowest BCUT2D eigenvalue weighted by Gasteiger charge is -2.34. The number of alkyl halides is 1. The lowest BCUT2D eigenvalue weighted by Crippen LogP contribution is -2.39. The van der Waals surface area contributed by atoms with Crippen molar-refractivity contribution in [2.75, 3.05) is 0 Å². The molecule has 0 aromatic rings. The van der Waals surface area contributed by atoms with Crippen molar-refractivity contribution in [2.24, 2.45) is 23.7 Å². The summed E-state index contributed by atoms with van der Waals surface area (Å²) in [6.45, 7) is 0. The van der Waals surface area contributed by atoms with E-state index in [0.29, 0.717) is 4.87 Å². The monoisotopic (exact) mass is 167 g/mol. The van der Waals surface area contributed by atoms with Crippen LogP contribution in [-0.2, 0) is 0 Å². The van der Waals surface area contributed by atoms with Gasteiger partial charge in [-0.1, -0.05) is 0 Å². The first-order valence-electron chi connectivity index (χ1n) is 4.85. The van der Waals surface area contributed by atoms with Crippen LogP contribution in [0.25, 0.3) is 0 Å². The van der Waals surface area contributed by atoms with Crippen LogP contribution in [-0.4, -0.2) is 4.87 Å². The second-order valence-electron chi connectivity index (χ2n) is 4.90. The first-order chi connectivity index (χ1) is 5.31. The summed E-state index contributed by atoms with van der Waals surface area (Å²) in [6, 6.07) is 0. The average Bonchev–Trinajstić information content (AvgIpc) is 2.82. The average molecular weight is 168 g/mol. The van der Waals surface area contributed by atoms with Crippen molar-refractivity contribution in [1.82, 2.24) is 0 Å². The molecule has 0 aliphatic heterocycles. The van der Waals surface area contributed by atoms with Crippen LogP contribution in [0.4, 0.5) is 0 Å². The van der Waals surface area contributed by atoms with Crippen LogP contribution in [0, 0.1) is 29.6 Å². The Bertz CT molecular complexity index is 217. The molecule has 0 aromatic heterocycles. The number of fused-ring (bicyclic) bond motifs is 1. The van der Waals surface area contributed by atoms with Gasteiger partial charge in [-0.05, 0) is 12.8 Å². The Balaban J connectivity index is 1.88. The number of halogens is 1. The fraction of sp³-hybridized carbons (Fsp3) is 0.900. The van der Waals surface area contributed by atoms with Crippen molar-refractivity contribution < 1.29 is 0 Å². The highest BCUT2D eigenvalue weighted by atomic mass is 35.5. The minimum Gasteiger partial charge on any atom is -0.118 e. The van der Waals surface area contributed by atoms with Crippen molar-refractivity contribution in [1.29, 1.82) is 0 Å². The largest absolute Gasteiger partial charge is 0.118 e. The smallest absolute Gasteiger partial charge is 0.106 e. The summed E-state index contributed by atoms with van der Waals surface area (Å²) in [6.07, 6.45) is 5.59. The van der Waals surface area contributed by atoms with Gasteiger partial charge in [0, 0.05) is 18.3 Å². The van der Waals surface area contributed by atoms with Gasteiger partial charge in [0.1, 0.15) is 11.8 Å². The summed E-state index contributed by atoms with van der Waals surface area (Å²) in [5, 5.41) is 0. The van der Waals surface area contributed by atoms with E-state index in [-0.39, 0.29) is 0 Å². The molecule has 5 rings (SSSR count). The normalized spacial score (nSPS) is 69.0. The third kappa shape index (κ3) is 0.465. The van der Waals surface area contributed by atoms with Crippen LogP contribution < -0.4 is 0 Å². The Hall–Kier alpha value is 0.160. The number of hydrogen-bond donors (Lipinski definition) is 0. The molecule has 5 aliphatic carbocycles. The summed E-state index contributed by atoms with van der Waals surface area (Å²) in [5.74, 6) is 5.80. The molecular weight excluding hydrogens is 156 g/mol. The number of rotatable bonds is 0. The molecule has 5 saturated carbocycles. The highest BCUT2D eigenvalue weighted by Gasteiger charge is 2.81. The molecule has 0 amide bonds. The van der Waals surface area contributed by atoms with Gasteiger partial charge >= 0.3 is 0 Å². The maximum absolute atomic E-state index is 6.67. The third-order valence-electron chi connectivity index (χ3n) is 4.56. The highest BCUT2D eigenvalue weighted by molar-refractivity contribution is 6.25. The second-order valence-corrected chi connectivity index (χ2v) is 5.60. The van der Waals surface area contributed by atoms with Crippen LogP contribution >= 0.6 is 11.6 Å². The Morgan fingerprint density at radius 2 is 1.82 bits per heavy atom. The van der Waals surface area contributed by atoms with Gasteiger partial charge in [-0.15, -0.1) is 11.6 Å². The van der Waals surface area contributed by atoms with Crippen molar-refractivity contribution in [3.8, 4) is 0 Å². The number of hydrogen-bond acceptors (Lipinski definition) is 0. The van der Waals surface area contributed by atoms with Gasteiger partial charge in [-0.2, -0.15) is 0 Å². The van der Waals surface area contributed by atoms with Crippen LogP contribution in [0.2, 0.25) is 0 Å². The lowest BCUT2D eigenvalue weighted by molar-refractivity contribution is 0.275. The fourth-order valence-electron chi connectivity index (χ4n) is 3.90. The SMILES string of the molecule is ClC12CC[C+]([C@H]3C[C@H]31)[C@@H]1C[C@@H]12. The summed E-state index contributed by atoms with van der Waals surface area (Å²) >= 11 is 6.67. The zero-order valence-corrected chi connectivity index (χ0v) is 7.27. The summed E-state index contributed by atoms with van der Waals surface area (Å²) in [7, 11) is 0. The fourth-order valence-corrected chi connectivity index (χ4v) is 4.47. The highest BCUT2D eigenvalue weighted by Crippen LogP contribution is 2.78. The topological polar surface area (TPSA) is 0 Å². The Morgan fingerprint density at radius 3 is 2.45 bits per heavy atom. The predicted molar refractivity (Wildman–Crippen MR) is 44.3 cm³/mol. The van der Waals surface area contributed by atoms with E-state index in [1.54, 1.807) is 0 Å². The van der Waals surface area contributed by atoms with Gasteiger partial charge in [0.15, 0.2) is 0 Å². The summed E-state index contributed by atoms with van der Waals surface area (Å²) in [4.78, 5) is 0.303. The molecule has 0 radical (unpaired) electrons. The van der Waals surface area contributed by atoms with E-state index in [9.17, 15) is 0 Å².